The van der Waals surface area contributed by atoms with Crippen LogP contribution in [0.25, 0.3) is 0 Å². The summed E-state index contributed by atoms with van der Waals surface area (Å²) in [5.41, 5.74) is 6.59. The van der Waals surface area contributed by atoms with Crippen LogP contribution in [-0.4, -0.2) is 5.91 Å². The van der Waals surface area contributed by atoms with Crippen LogP contribution in [-0.2, 0) is 6.18 Å². The highest BCUT2D eigenvalue weighted by Crippen LogP contribution is 2.35. The lowest BCUT2D eigenvalue weighted by atomic mass is 10.1. The van der Waals surface area contributed by atoms with Gasteiger partial charge < -0.3 is 11.5 Å². The van der Waals surface area contributed by atoms with Crippen molar-refractivity contribution in [2.75, 3.05) is 5.73 Å². The maximum Gasteiger partial charge on any atom is 0.418 e. The van der Waals surface area contributed by atoms with E-state index in [1.165, 1.54) is 0 Å². The van der Waals surface area contributed by atoms with Crippen molar-refractivity contribution in [1.29, 1.82) is 0 Å². The molecule has 0 saturated carbocycles. The lowest BCUT2D eigenvalue weighted by molar-refractivity contribution is -0.137. The van der Waals surface area contributed by atoms with Crippen LogP contribution in [0.4, 0.5) is 23.2 Å². The zero-order valence-electron chi connectivity index (χ0n) is 7.23. The minimum absolute atomic E-state index is 0.417. The van der Waals surface area contributed by atoms with E-state index >= 15 is 0 Å². The van der Waals surface area contributed by atoms with Gasteiger partial charge in [-0.05, 0) is 12.1 Å². The molecule has 82 valence electrons. The number of nitrogen functional groups attached to an aromatic ring is 1. The topological polar surface area (TPSA) is 69.1 Å². The zero-order chi connectivity index (χ0) is 11.8. The maximum absolute atomic E-state index is 12.9. The summed E-state index contributed by atoms with van der Waals surface area (Å²) in [7, 11) is 0. The minimum Gasteiger partial charge on any atom is -0.396 e. The molecule has 7 heteroatoms. The van der Waals surface area contributed by atoms with E-state index in [4.69, 9.17) is 11.5 Å². The van der Waals surface area contributed by atoms with Crippen molar-refractivity contribution >= 4 is 11.6 Å². The molecule has 0 heterocycles. The zero-order valence-corrected chi connectivity index (χ0v) is 7.23. The summed E-state index contributed by atoms with van der Waals surface area (Å²) in [5, 5.41) is 0. The number of carbonyl (C=O) groups is 1. The van der Waals surface area contributed by atoms with Gasteiger partial charge in [0.15, 0.2) is 0 Å². The molecule has 0 saturated heterocycles. The Kier molecular flexibility index (Phi) is 2.57. The first-order chi connectivity index (χ1) is 6.73. The van der Waals surface area contributed by atoms with Gasteiger partial charge >= 0.3 is 6.18 Å². The first kappa shape index (κ1) is 11.3. The molecule has 3 nitrogen and oxygen atoms in total. The number of hydrogen-bond donors (Lipinski definition) is 2. The minimum atomic E-state index is -4.82. The van der Waals surface area contributed by atoms with Crippen LogP contribution < -0.4 is 11.5 Å². The van der Waals surface area contributed by atoms with E-state index in [0.717, 1.165) is 0 Å². The summed E-state index contributed by atoms with van der Waals surface area (Å²) in [6.45, 7) is 0. The predicted octanol–water partition coefficient (Wildman–Crippen LogP) is 1.53. The van der Waals surface area contributed by atoms with Crippen molar-refractivity contribution in [1.82, 2.24) is 0 Å². The summed E-state index contributed by atoms with van der Waals surface area (Å²) in [5.74, 6) is -2.47. The van der Waals surface area contributed by atoms with Gasteiger partial charge in [-0.1, -0.05) is 0 Å². The Morgan fingerprint density at radius 2 is 1.80 bits per heavy atom. The molecular formula is C8H6F4N2O. The number of rotatable bonds is 1. The average molecular weight is 222 g/mol. The van der Waals surface area contributed by atoms with E-state index in [9.17, 15) is 22.4 Å². The molecule has 0 bridgehead atoms. The molecule has 0 atom stereocenters. The standard InChI is InChI=1S/C8H6F4N2O/c9-5-2-3(7(14)15)1-4(6(5)13)8(10,11)12/h1-2H,13H2,(H2,14,15). The van der Waals surface area contributed by atoms with Gasteiger partial charge in [0.25, 0.3) is 0 Å². The maximum atomic E-state index is 12.9. The van der Waals surface area contributed by atoms with Crippen molar-refractivity contribution in [3.8, 4) is 0 Å². The summed E-state index contributed by atoms with van der Waals surface area (Å²) in [6, 6.07) is 0.980. The molecule has 0 aromatic heterocycles. The molecule has 0 fully saturated rings. The number of carbonyl (C=O) groups excluding carboxylic acids is 1. The molecule has 1 aromatic carbocycles. The largest absolute Gasteiger partial charge is 0.418 e. The molecule has 1 aromatic rings. The number of amides is 1. The summed E-state index contributed by atoms with van der Waals surface area (Å²) in [6.07, 6.45) is -4.82. The van der Waals surface area contributed by atoms with Crippen LogP contribution >= 0.6 is 0 Å². The quantitative estimate of drug-likeness (QED) is 0.558. The molecule has 0 radical (unpaired) electrons. The molecule has 1 rings (SSSR count). The lowest BCUT2D eigenvalue weighted by Crippen LogP contribution is -2.16. The van der Waals surface area contributed by atoms with Gasteiger partial charge in [0.05, 0.1) is 11.3 Å². The third kappa shape index (κ3) is 2.17. The van der Waals surface area contributed by atoms with Crippen LogP contribution in [0, 0.1) is 5.82 Å². The summed E-state index contributed by atoms with van der Waals surface area (Å²) >= 11 is 0. The number of halogens is 4. The number of nitrogens with two attached hydrogens (primary N) is 2. The third-order valence-corrected chi connectivity index (χ3v) is 1.72. The first-order valence-electron chi connectivity index (χ1n) is 3.69. The lowest BCUT2D eigenvalue weighted by Gasteiger charge is -2.11. The van der Waals surface area contributed by atoms with Crippen LogP contribution in [0.2, 0.25) is 0 Å². The number of hydrogen-bond acceptors (Lipinski definition) is 2. The molecular weight excluding hydrogens is 216 g/mol. The number of anilines is 1. The number of alkyl halides is 3. The second kappa shape index (κ2) is 3.41. The van der Waals surface area contributed by atoms with Crippen molar-refractivity contribution < 1.29 is 22.4 Å². The van der Waals surface area contributed by atoms with Gasteiger partial charge in [0.1, 0.15) is 5.82 Å². The van der Waals surface area contributed by atoms with Crippen molar-refractivity contribution in [3.63, 3.8) is 0 Å². The molecule has 0 aliphatic rings. The van der Waals surface area contributed by atoms with Crippen molar-refractivity contribution in [3.05, 3.63) is 29.1 Å². The Morgan fingerprint density at radius 3 is 2.20 bits per heavy atom. The van der Waals surface area contributed by atoms with E-state index in [0.29, 0.717) is 12.1 Å². The molecule has 0 aliphatic heterocycles. The van der Waals surface area contributed by atoms with Crippen LogP contribution in [0.1, 0.15) is 15.9 Å². The second-order valence-corrected chi connectivity index (χ2v) is 2.78. The number of primary amides is 1. The third-order valence-electron chi connectivity index (χ3n) is 1.72. The van der Waals surface area contributed by atoms with Gasteiger partial charge in [0.2, 0.25) is 5.91 Å². The Hall–Kier alpha value is -1.79. The fraction of sp³-hybridized carbons (Fsp3) is 0.125. The Balaban J connectivity index is 3.45. The van der Waals surface area contributed by atoms with Gasteiger partial charge in [-0.25, -0.2) is 4.39 Å². The molecule has 15 heavy (non-hydrogen) atoms. The predicted molar refractivity (Wildman–Crippen MR) is 44.3 cm³/mol. The van der Waals surface area contributed by atoms with Gasteiger partial charge in [-0.2, -0.15) is 13.2 Å². The Morgan fingerprint density at radius 1 is 1.27 bits per heavy atom. The second-order valence-electron chi connectivity index (χ2n) is 2.78. The van der Waals surface area contributed by atoms with E-state index in [1.807, 2.05) is 0 Å². The van der Waals surface area contributed by atoms with Gasteiger partial charge in [-0.3, -0.25) is 4.79 Å². The van der Waals surface area contributed by atoms with E-state index in [-0.39, 0.29) is 0 Å². The average Bonchev–Trinajstić information content (AvgIpc) is 2.06. The number of benzene rings is 1. The van der Waals surface area contributed by atoms with Gasteiger partial charge in [-0.15, -0.1) is 0 Å². The first-order valence-corrected chi connectivity index (χ1v) is 3.69. The molecule has 1 amide bonds. The normalized spacial score (nSPS) is 11.5. The monoisotopic (exact) mass is 222 g/mol. The molecule has 0 spiro atoms. The smallest absolute Gasteiger partial charge is 0.396 e. The highest BCUT2D eigenvalue weighted by Gasteiger charge is 2.35. The van der Waals surface area contributed by atoms with Crippen molar-refractivity contribution in [2.45, 2.75) is 6.18 Å². The highest BCUT2D eigenvalue weighted by atomic mass is 19.4. The molecule has 0 unspecified atom stereocenters. The SMILES string of the molecule is NC(=O)c1cc(F)c(N)c(C(F)(F)F)c1. The van der Waals surface area contributed by atoms with E-state index in [1.54, 1.807) is 0 Å². The van der Waals surface area contributed by atoms with Gasteiger partial charge in [0, 0.05) is 5.56 Å². The van der Waals surface area contributed by atoms with E-state index < -0.39 is 34.7 Å². The fourth-order valence-electron chi connectivity index (χ4n) is 0.995. The Labute approximate surface area is 81.7 Å². The molecule has 4 N–H and O–H groups in total. The van der Waals surface area contributed by atoms with E-state index in [2.05, 4.69) is 0 Å². The Bertz CT molecular complexity index is 414. The fourth-order valence-corrected chi connectivity index (χ4v) is 0.995. The van der Waals surface area contributed by atoms with Crippen LogP contribution in [0.5, 0.6) is 0 Å². The summed E-state index contributed by atoms with van der Waals surface area (Å²) in [4.78, 5) is 10.6. The summed E-state index contributed by atoms with van der Waals surface area (Å²) < 4.78 is 49.7. The van der Waals surface area contributed by atoms with Crippen LogP contribution in [0.15, 0.2) is 12.1 Å². The highest BCUT2D eigenvalue weighted by molar-refractivity contribution is 5.93. The van der Waals surface area contributed by atoms with Crippen LogP contribution in [0.3, 0.4) is 0 Å². The van der Waals surface area contributed by atoms with Crippen molar-refractivity contribution in [2.24, 2.45) is 5.73 Å². The molecule has 0 aliphatic carbocycles.